The quantitative estimate of drug-likeness (QED) is 0.616. The predicted molar refractivity (Wildman–Crippen MR) is 111 cm³/mol. The van der Waals surface area contributed by atoms with Crippen LogP contribution in [0.3, 0.4) is 0 Å². The molecule has 0 unspecified atom stereocenters. The van der Waals surface area contributed by atoms with Crippen molar-refractivity contribution in [1.29, 1.82) is 0 Å². The van der Waals surface area contributed by atoms with Crippen molar-refractivity contribution in [3.63, 3.8) is 0 Å². The summed E-state index contributed by atoms with van der Waals surface area (Å²) in [4.78, 5) is 25.0. The van der Waals surface area contributed by atoms with E-state index in [4.69, 9.17) is 9.47 Å². The fourth-order valence-electron chi connectivity index (χ4n) is 2.92. The molecule has 0 aromatic heterocycles. The van der Waals surface area contributed by atoms with Gasteiger partial charge in [0, 0.05) is 17.8 Å². The molecule has 1 aliphatic heterocycles. The minimum absolute atomic E-state index is 0.144. The highest BCUT2D eigenvalue weighted by Crippen LogP contribution is 2.34. The zero-order chi connectivity index (χ0) is 20.9. The van der Waals surface area contributed by atoms with Crippen molar-refractivity contribution in [3.8, 4) is 11.5 Å². The van der Waals surface area contributed by atoms with Gasteiger partial charge in [-0.3, -0.25) is 9.59 Å². The van der Waals surface area contributed by atoms with Gasteiger partial charge in [0.05, 0.1) is 11.3 Å². The van der Waals surface area contributed by atoms with Crippen molar-refractivity contribution in [2.24, 2.45) is 0 Å². The van der Waals surface area contributed by atoms with E-state index in [1.807, 2.05) is 0 Å². The van der Waals surface area contributed by atoms with Gasteiger partial charge >= 0.3 is 0 Å². The number of hydrogen-bond donors (Lipinski definition) is 2. The molecular formula is C23H17FN2O4. The summed E-state index contributed by atoms with van der Waals surface area (Å²) >= 11 is 0. The van der Waals surface area contributed by atoms with Crippen LogP contribution in [0.1, 0.15) is 15.9 Å². The molecule has 150 valence electrons. The van der Waals surface area contributed by atoms with Crippen LogP contribution in [0.4, 0.5) is 15.8 Å². The number of benzene rings is 3. The summed E-state index contributed by atoms with van der Waals surface area (Å²) in [7, 11) is 0. The average Bonchev–Trinajstić information content (AvgIpc) is 3.20. The van der Waals surface area contributed by atoms with Gasteiger partial charge < -0.3 is 20.1 Å². The lowest BCUT2D eigenvalue weighted by Crippen LogP contribution is -2.17. The van der Waals surface area contributed by atoms with Gasteiger partial charge in [0.15, 0.2) is 11.5 Å². The van der Waals surface area contributed by atoms with Crippen molar-refractivity contribution < 1.29 is 23.5 Å². The number of para-hydroxylation sites is 1. The van der Waals surface area contributed by atoms with Crippen LogP contribution in [0, 0.1) is 5.82 Å². The van der Waals surface area contributed by atoms with Crippen LogP contribution < -0.4 is 20.1 Å². The van der Waals surface area contributed by atoms with Crippen molar-refractivity contribution in [1.82, 2.24) is 0 Å². The van der Waals surface area contributed by atoms with Crippen LogP contribution in [0.5, 0.6) is 11.5 Å². The van der Waals surface area contributed by atoms with Crippen molar-refractivity contribution in [3.05, 3.63) is 89.8 Å². The summed E-state index contributed by atoms with van der Waals surface area (Å²) in [6, 6.07) is 17.6. The molecule has 2 amide bonds. The molecule has 3 aromatic carbocycles. The summed E-state index contributed by atoms with van der Waals surface area (Å²) in [6.45, 7) is 0.144. The van der Waals surface area contributed by atoms with Crippen LogP contribution >= 0.6 is 0 Å². The first-order valence-electron chi connectivity index (χ1n) is 9.13. The number of carbonyl (C=O) groups is 2. The van der Waals surface area contributed by atoms with E-state index < -0.39 is 5.91 Å². The Bertz CT molecular complexity index is 1140. The van der Waals surface area contributed by atoms with Crippen LogP contribution in [0.25, 0.3) is 6.08 Å². The van der Waals surface area contributed by atoms with Crippen LogP contribution in [0.15, 0.2) is 72.8 Å². The third kappa shape index (κ3) is 4.47. The van der Waals surface area contributed by atoms with Gasteiger partial charge in [-0.15, -0.1) is 0 Å². The van der Waals surface area contributed by atoms with Crippen molar-refractivity contribution in [2.75, 3.05) is 17.4 Å². The zero-order valence-electron chi connectivity index (χ0n) is 15.7. The first-order valence-corrected chi connectivity index (χ1v) is 9.13. The fraction of sp³-hybridized carbons (Fsp3) is 0.0435. The van der Waals surface area contributed by atoms with Gasteiger partial charge in [0.2, 0.25) is 12.7 Å². The Morgan fingerprint density at radius 2 is 1.73 bits per heavy atom. The number of rotatable bonds is 5. The summed E-state index contributed by atoms with van der Waals surface area (Å²) in [5.41, 5.74) is 1.74. The molecular weight excluding hydrogens is 387 g/mol. The maximum Gasteiger partial charge on any atom is 0.257 e. The monoisotopic (exact) mass is 404 g/mol. The number of carbonyl (C=O) groups excluding carboxylic acids is 2. The first kappa shape index (κ1) is 19.2. The summed E-state index contributed by atoms with van der Waals surface area (Å²) < 4.78 is 23.8. The van der Waals surface area contributed by atoms with Gasteiger partial charge in [-0.25, -0.2) is 4.39 Å². The van der Waals surface area contributed by atoms with Crippen LogP contribution in [0.2, 0.25) is 0 Å². The summed E-state index contributed by atoms with van der Waals surface area (Å²) in [5.74, 6) is -0.0489. The number of amides is 2. The lowest BCUT2D eigenvalue weighted by atomic mass is 10.1. The molecule has 6 nitrogen and oxygen atoms in total. The minimum Gasteiger partial charge on any atom is -0.454 e. The van der Waals surface area contributed by atoms with Gasteiger partial charge in [0.1, 0.15) is 5.82 Å². The average molecular weight is 404 g/mol. The Kier molecular flexibility index (Phi) is 5.43. The number of hydrogen-bond acceptors (Lipinski definition) is 4. The molecule has 2 N–H and O–H groups in total. The van der Waals surface area contributed by atoms with Crippen LogP contribution in [-0.2, 0) is 4.79 Å². The maximum absolute atomic E-state index is 13.2. The molecule has 0 spiro atoms. The fourth-order valence-corrected chi connectivity index (χ4v) is 2.92. The minimum atomic E-state index is -0.442. The number of ether oxygens (including phenoxy) is 2. The molecule has 0 saturated carbocycles. The van der Waals surface area contributed by atoms with Gasteiger partial charge in [-0.1, -0.05) is 24.3 Å². The van der Waals surface area contributed by atoms with Crippen LogP contribution in [-0.4, -0.2) is 18.6 Å². The Hall–Kier alpha value is -4.13. The smallest absolute Gasteiger partial charge is 0.257 e. The maximum atomic E-state index is 13.2. The lowest BCUT2D eigenvalue weighted by molar-refractivity contribution is -0.111. The Morgan fingerprint density at radius 1 is 0.900 bits per heavy atom. The van der Waals surface area contributed by atoms with Crippen molar-refractivity contribution in [2.45, 2.75) is 0 Å². The second-order valence-electron chi connectivity index (χ2n) is 6.45. The predicted octanol–water partition coefficient (Wildman–Crippen LogP) is 4.46. The number of anilines is 2. The largest absolute Gasteiger partial charge is 0.454 e. The zero-order valence-corrected chi connectivity index (χ0v) is 15.7. The molecule has 0 radical (unpaired) electrons. The molecule has 7 heteroatoms. The first-order chi connectivity index (χ1) is 14.6. The van der Waals surface area contributed by atoms with E-state index in [9.17, 15) is 14.0 Å². The van der Waals surface area contributed by atoms with E-state index in [1.165, 1.54) is 24.3 Å². The molecule has 1 aliphatic rings. The van der Waals surface area contributed by atoms with E-state index in [-0.39, 0.29) is 18.5 Å². The van der Waals surface area contributed by atoms with Gasteiger partial charge in [0.25, 0.3) is 5.91 Å². The standard InChI is InChI=1S/C23H17FN2O4/c24-16-5-3-4-15(12-16)8-11-22(27)26-19-7-2-1-6-18(19)23(28)25-17-9-10-20-21(13-17)30-14-29-20/h1-13H,14H2,(H,25,28)(H,26,27). The summed E-state index contributed by atoms with van der Waals surface area (Å²) in [5, 5.41) is 5.46. The molecule has 1 heterocycles. The van der Waals surface area contributed by atoms with E-state index in [0.29, 0.717) is 34.0 Å². The van der Waals surface area contributed by atoms with Crippen molar-refractivity contribution >= 4 is 29.3 Å². The number of halogens is 1. The second-order valence-corrected chi connectivity index (χ2v) is 6.45. The van der Waals surface area contributed by atoms with E-state index >= 15 is 0 Å². The molecule has 0 atom stereocenters. The molecule has 3 aromatic rings. The normalized spacial score (nSPS) is 12.0. The SMILES string of the molecule is O=C(C=Cc1cccc(F)c1)Nc1ccccc1C(=O)Nc1ccc2c(c1)OCO2. The molecule has 0 bridgehead atoms. The second kappa shape index (κ2) is 8.48. The lowest BCUT2D eigenvalue weighted by Gasteiger charge is -2.11. The molecule has 0 aliphatic carbocycles. The van der Waals surface area contributed by atoms with E-state index in [1.54, 1.807) is 54.6 Å². The molecule has 0 saturated heterocycles. The van der Waals surface area contributed by atoms with E-state index in [2.05, 4.69) is 10.6 Å². The Balaban J connectivity index is 1.46. The summed E-state index contributed by atoms with van der Waals surface area (Å²) in [6.07, 6.45) is 2.77. The molecule has 4 rings (SSSR count). The Morgan fingerprint density at radius 3 is 2.60 bits per heavy atom. The van der Waals surface area contributed by atoms with Gasteiger partial charge in [-0.05, 0) is 48.0 Å². The molecule has 0 fully saturated rings. The highest BCUT2D eigenvalue weighted by Gasteiger charge is 2.16. The number of fused-ring (bicyclic) bond motifs is 1. The van der Waals surface area contributed by atoms with Gasteiger partial charge in [-0.2, -0.15) is 0 Å². The highest BCUT2D eigenvalue weighted by molar-refractivity contribution is 6.11. The van der Waals surface area contributed by atoms with E-state index in [0.717, 1.165) is 0 Å². The highest BCUT2D eigenvalue weighted by atomic mass is 19.1. The third-order valence-electron chi connectivity index (χ3n) is 4.34. The third-order valence-corrected chi connectivity index (χ3v) is 4.34. The topological polar surface area (TPSA) is 76.7 Å². The molecule has 30 heavy (non-hydrogen) atoms. The Labute approximate surface area is 171 Å². The number of nitrogens with one attached hydrogen (secondary N) is 2.